The molecule has 1 aliphatic heterocycles. The molecule has 0 radical (unpaired) electrons. The monoisotopic (exact) mass is 498 g/mol. The van der Waals surface area contributed by atoms with E-state index in [0.29, 0.717) is 19.1 Å². The number of piperidine rings is 1. The third kappa shape index (κ3) is 9.18. The van der Waals surface area contributed by atoms with Gasteiger partial charge in [0.1, 0.15) is 5.82 Å². The SMILES string of the molecule is CCNC(=NCCCCn1ccnc1C)NC1CCN(CC(F)F)CC1.I. The zero-order chi connectivity index (χ0) is 18.8. The molecule has 0 aromatic carbocycles. The number of nitrogens with one attached hydrogen (secondary N) is 2. The standard InChI is InChI=1S/C18H32F2N6.HI/c1-3-21-18(23-8-4-5-10-26-13-9-22-15(26)2)24-16-6-11-25(12-7-16)14-17(19)20;/h9,13,16-17H,3-8,10-12,14H2,1-2H3,(H2,21,23,24);1H. The summed E-state index contributed by atoms with van der Waals surface area (Å²) in [5, 5.41) is 6.73. The Bertz CT molecular complexity index is 544. The molecule has 0 atom stereocenters. The molecule has 2 rings (SSSR count). The number of hydrogen-bond acceptors (Lipinski definition) is 3. The molecular formula is C18H33F2IN6. The Morgan fingerprint density at radius 3 is 2.67 bits per heavy atom. The van der Waals surface area contributed by atoms with Crippen LogP contribution in [0.3, 0.4) is 0 Å². The molecule has 0 spiro atoms. The number of unbranched alkanes of at least 4 members (excludes halogenated alkanes) is 1. The summed E-state index contributed by atoms with van der Waals surface area (Å²) < 4.78 is 27.1. The van der Waals surface area contributed by atoms with Crippen LogP contribution in [0, 0.1) is 6.92 Å². The normalized spacial score (nSPS) is 16.4. The average molecular weight is 498 g/mol. The summed E-state index contributed by atoms with van der Waals surface area (Å²) in [6.07, 6.45) is 5.41. The van der Waals surface area contributed by atoms with Gasteiger partial charge >= 0.3 is 0 Å². The Hall–Kier alpha value is -0.970. The Balaban J connectivity index is 0.00000364. The van der Waals surface area contributed by atoms with Gasteiger partial charge in [-0.15, -0.1) is 24.0 Å². The van der Waals surface area contributed by atoms with E-state index in [2.05, 4.69) is 25.2 Å². The highest BCUT2D eigenvalue weighted by Crippen LogP contribution is 2.11. The summed E-state index contributed by atoms with van der Waals surface area (Å²) in [4.78, 5) is 10.7. The minimum Gasteiger partial charge on any atom is -0.357 e. The van der Waals surface area contributed by atoms with E-state index in [9.17, 15) is 8.78 Å². The van der Waals surface area contributed by atoms with Crippen molar-refractivity contribution in [3.63, 3.8) is 0 Å². The van der Waals surface area contributed by atoms with Gasteiger partial charge in [-0.3, -0.25) is 9.89 Å². The highest BCUT2D eigenvalue weighted by Gasteiger charge is 2.21. The number of alkyl halides is 2. The summed E-state index contributed by atoms with van der Waals surface area (Å²) in [7, 11) is 0. The van der Waals surface area contributed by atoms with Crippen LogP contribution in [0.2, 0.25) is 0 Å². The van der Waals surface area contributed by atoms with Crippen molar-refractivity contribution >= 4 is 29.9 Å². The summed E-state index contributed by atoms with van der Waals surface area (Å²) >= 11 is 0. The summed E-state index contributed by atoms with van der Waals surface area (Å²) in [5.74, 6) is 1.88. The van der Waals surface area contributed by atoms with Crippen LogP contribution >= 0.6 is 24.0 Å². The molecule has 1 aliphatic rings. The Labute approximate surface area is 178 Å². The van der Waals surface area contributed by atoms with Gasteiger partial charge in [0, 0.05) is 51.2 Å². The fourth-order valence-corrected chi connectivity index (χ4v) is 3.19. The zero-order valence-electron chi connectivity index (χ0n) is 16.3. The number of halogens is 3. The highest BCUT2D eigenvalue weighted by molar-refractivity contribution is 14.0. The van der Waals surface area contributed by atoms with Gasteiger partial charge < -0.3 is 15.2 Å². The lowest BCUT2D eigenvalue weighted by atomic mass is 10.1. The maximum absolute atomic E-state index is 12.4. The summed E-state index contributed by atoms with van der Waals surface area (Å²) in [5.41, 5.74) is 0. The maximum Gasteiger partial charge on any atom is 0.251 e. The molecule has 1 saturated heterocycles. The molecule has 2 N–H and O–H groups in total. The first-order valence-electron chi connectivity index (χ1n) is 9.61. The number of aromatic nitrogens is 2. The first-order valence-corrected chi connectivity index (χ1v) is 9.61. The van der Waals surface area contributed by atoms with Crippen molar-refractivity contribution in [3.8, 4) is 0 Å². The van der Waals surface area contributed by atoms with Gasteiger partial charge in [0.2, 0.25) is 0 Å². The second kappa shape index (κ2) is 13.2. The van der Waals surface area contributed by atoms with Crippen molar-refractivity contribution in [2.24, 2.45) is 4.99 Å². The minimum atomic E-state index is -2.25. The molecule has 1 aromatic rings. The molecule has 156 valence electrons. The molecule has 9 heteroatoms. The van der Waals surface area contributed by atoms with Gasteiger partial charge in [-0.1, -0.05) is 0 Å². The van der Waals surface area contributed by atoms with E-state index in [0.717, 1.165) is 57.1 Å². The van der Waals surface area contributed by atoms with E-state index in [4.69, 9.17) is 0 Å². The molecule has 0 bridgehead atoms. The van der Waals surface area contributed by atoms with Crippen LogP contribution in [0.15, 0.2) is 17.4 Å². The number of rotatable bonds is 9. The van der Waals surface area contributed by atoms with Crippen molar-refractivity contribution in [2.75, 3.05) is 32.7 Å². The quantitative estimate of drug-likeness (QED) is 0.238. The largest absolute Gasteiger partial charge is 0.357 e. The van der Waals surface area contributed by atoms with Crippen molar-refractivity contribution in [3.05, 3.63) is 18.2 Å². The van der Waals surface area contributed by atoms with E-state index >= 15 is 0 Å². The maximum atomic E-state index is 12.4. The van der Waals surface area contributed by atoms with Gasteiger partial charge in [-0.05, 0) is 39.5 Å². The highest BCUT2D eigenvalue weighted by atomic mass is 127. The van der Waals surface area contributed by atoms with Crippen LogP contribution in [0.1, 0.15) is 38.4 Å². The molecule has 0 saturated carbocycles. The Morgan fingerprint density at radius 1 is 1.33 bits per heavy atom. The fourth-order valence-electron chi connectivity index (χ4n) is 3.19. The van der Waals surface area contributed by atoms with E-state index < -0.39 is 6.43 Å². The topological polar surface area (TPSA) is 57.5 Å². The summed E-state index contributed by atoms with van der Waals surface area (Å²) in [6.45, 7) is 7.92. The summed E-state index contributed by atoms with van der Waals surface area (Å²) in [6, 6.07) is 0.301. The molecular weight excluding hydrogens is 465 g/mol. The lowest BCUT2D eigenvalue weighted by Crippen LogP contribution is -2.49. The van der Waals surface area contributed by atoms with Crippen LogP contribution < -0.4 is 10.6 Å². The molecule has 6 nitrogen and oxygen atoms in total. The van der Waals surface area contributed by atoms with Crippen LogP contribution in [0.5, 0.6) is 0 Å². The predicted octanol–water partition coefficient (Wildman–Crippen LogP) is 2.87. The van der Waals surface area contributed by atoms with E-state index in [-0.39, 0.29) is 30.5 Å². The van der Waals surface area contributed by atoms with Gasteiger partial charge in [0.25, 0.3) is 6.43 Å². The first kappa shape index (κ1) is 24.1. The number of imidazole rings is 1. The Morgan fingerprint density at radius 2 is 2.07 bits per heavy atom. The Kier molecular flexibility index (Phi) is 11.8. The lowest BCUT2D eigenvalue weighted by Gasteiger charge is -2.32. The van der Waals surface area contributed by atoms with Crippen LogP contribution in [0.4, 0.5) is 8.78 Å². The van der Waals surface area contributed by atoms with Gasteiger partial charge in [0.05, 0.1) is 6.54 Å². The van der Waals surface area contributed by atoms with Crippen molar-refractivity contribution in [1.29, 1.82) is 0 Å². The molecule has 27 heavy (non-hydrogen) atoms. The van der Waals surface area contributed by atoms with Gasteiger partial charge in [0.15, 0.2) is 5.96 Å². The molecule has 0 aliphatic carbocycles. The second-order valence-electron chi connectivity index (χ2n) is 6.75. The third-order valence-corrected chi connectivity index (χ3v) is 4.67. The molecule has 2 heterocycles. The van der Waals surface area contributed by atoms with Gasteiger partial charge in [-0.25, -0.2) is 13.8 Å². The molecule has 0 unspecified atom stereocenters. The van der Waals surface area contributed by atoms with Crippen molar-refractivity contribution < 1.29 is 8.78 Å². The molecule has 1 fully saturated rings. The van der Waals surface area contributed by atoms with Gasteiger partial charge in [-0.2, -0.15) is 0 Å². The predicted molar refractivity (Wildman–Crippen MR) is 116 cm³/mol. The third-order valence-electron chi connectivity index (χ3n) is 4.67. The smallest absolute Gasteiger partial charge is 0.251 e. The van der Waals surface area contributed by atoms with Crippen LogP contribution in [0.25, 0.3) is 0 Å². The lowest BCUT2D eigenvalue weighted by molar-refractivity contribution is 0.0744. The number of guanidine groups is 1. The zero-order valence-corrected chi connectivity index (χ0v) is 18.7. The second-order valence-corrected chi connectivity index (χ2v) is 6.75. The molecule has 1 aromatic heterocycles. The van der Waals surface area contributed by atoms with E-state index in [1.54, 1.807) is 0 Å². The van der Waals surface area contributed by atoms with E-state index in [1.807, 2.05) is 31.1 Å². The first-order chi connectivity index (χ1) is 12.6. The number of aryl methyl sites for hydroxylation is 2. The van der Waals surface area contributed by atoms with Crippen LogP contribution in [-0.2, 0) is 6.54 Å². The number of aliphatic imine (C=N–C) groups is 1. The van der Waals surface area contributed by atoms with Crippen molar-refractivity contribution in [2.45, 2.75) is 58.5 Å². The number of likely N-dealkylation sites (tertiary alicyclic amines) is 1. The molecule has 0 amide bonds. The van der Waals surface area contributed by atoms with Crippen LogP contribution in [-0.4, -0.2) is 65.6 Å². The fraction of sp³-hybridized carbons (Fsp3) is 0.778. The number of nitrogens with zero attached hydrogens (tertiary/aromatic N) is 4. The minimum absolute atomic E-state index is 0. The van der Waals surface area contributed by atoms with Crippen molar-refractivity contribution in [1.82, 2.24) is 25.1 Å². The number of hydrogen-bond donors (Lipinski definition) is 2. The average Bonchev–Trinajstić information content (AvgIpc) is 3.01. The van der Waals surface area contributed by atoms with E-state index in [1.165, 1.54) is 0 Å².